The number of nitrogens with two attached hydrogens (primary N) is 1. The fourth-order valence-electron chi connectivity index (χ4n) is 3.01. The monoisotopic (exact) mass is 452 g/mol. The van der Waals surface area contributed by atoms with Crippen molar-refractivity contribution in [3.05, 3.63) is 39.4 Å². The molecule has 3 aromatic rings. The fourth-order valence-corrected chi connectivity index (χ4v) is 5.00. The van der Waals surface area contributed by atoms with Gasteiger partial charge in [-0.15, -0.1) is 21.5 Å². The minimum absolute atomic E-state index is 0.132. The van der Waals surface area contributed by atoms with E-state index in [1.165, 1.54) is 0 Å². The lowest BCUT2D eigenvalue weighted by atomic mass is 9.93. The summed E-state index contributed by atoms with van der Waals surface area (Å²) in [5, 5.41) is 15.4. The van der Waals surface area contributed by atoms with Crippen LogP contribution in [0.25, 0.3) is 10.2 Å². The molecule has 3 N–H and O–H groups in total. The van der Waals surface area contributed by atoms with Crippen molar-refractivity contribution in [1.82, 2.24) is 20.4 Å². The molecule has 0 unspecified atom stereocenters. The molecule has 3 aromatic heterocycles. The quantitative estimate of drug-likeness (QED) is 0.568. The molecule has 4 heterocycles. The summed E-state index contributed by atoms with van der Waals surface area (Å²) in [7, 11) is 0. The first-order valence-corrected chi connectivity index (χ1v) is 10.1. The first-order chi connectivity index (χ1) is 13.0. The number of aromatic nitrogens is 4. The molecule has 10 heteroatoms. The Kier molecular flexibility index (Phi) is 5.31. The molecule has 0 spiro atoms. The third kappa shape index (κ3) is 4.08. The van der Waals surface area contributed by atoms with Gasteiger partial charge in [0.1, 0.15) is 10.2 Å². The first kappa shape index (κ1) is 18.6. The number of nitrogens with zero attached hydrogens (tertiary/aromatic N) is 4. The number of ether oxygens (including phenoxy) is 1. The molecule has 1 atom stereocenters. The number of hydrogen-bond donors (Lipinski definition) is 2. The Balaban J connectivity index is 1.52. The average Bonchev–Trinajstić information content (AvgIpc) is 2.96. The topological polar surface area (TPSA) is 98.8 Å². The summed E-state index contributed by atoms with van der Waals surface area (Å²) < 4.78 is 20.9. The van der Waals surface area contributed by atoms with Crippen molar-refractivity contribution in [2.45, 2.75) is 31.1 Å². The second-order valence-corrected chi connectivity index (χ2v) is 8.57. The minimum Gasteiger partial charge on any atom is -0.375 e. The summed E-state index contributed by atoms with van der Waals surface area (Å²) in [6.45, 7) is 0.866. The van der Waals surface area contributed by atoms with Crippen LogP contribution in [0.2, 0.25) is 0 Å². The number of rotatable bonds is 7. The van der Waals surface area contributed by atoms with Gasteiger partial charge in [-0.1, -0.05) is 0 Å². The zero-order chi connectivity index (χ0) is 18.9. The van der Waals surface area contributed by atoms with Gasteiger partial charge in [-0.25, -0.2) is 4.39 Å². The van der Waals surface area contributed by atoms with Gasteiger partial charge in [0.25, 0.3) is 0 Å². The van der Waals surface area contributed by atoms with E-state index in [0.717, 1.165) is 25.1 Å². The van der Waals surface area contributed by atoms with Crippen molar-refractivity contribution >= 4 is 43.3 Å². The van der Waals surface area contributed by atoms with Gasteiger partial charge in [0.2, 0.25) is 0 Å². The van der Waals surface area contributed by atoms with E-state index in [4.69, 9.17) is 10.5 Å². The molecule has 0 aliphatic carbocycles. The van der Waals surface area contributed by atoms with Crippen LogP contribution in [-0.4, -0.2) is 45.3 Å². The standard InChI is InChI=1S/C17H18BrFN6OS/c18-13-12(5-11(20)6-17(19)8-26-9-17)27-15-14(13)23-25-24-16(15)22-7-10-1-3-21-4-2-10/h1-4,11H,5-9,20H2,(H,22,23,24)/t11-/m1/s1. The van der Waals surface area contributed by atoms with E-state index in [1.54, 1.807) is 23.7 Å². The lowest BCUT2D eigenvalue weighted by molar-refractivity contribution is -0.135. The first-order valence-electron chi connectivity index (χ1n) is 8.49. The maximum absolute atomic E-state index is 14.2. The van der Waals surface area contributed by atoms with Crippen LogP contribution < -0.4 is 11.1 Å². The molecule has 7 nitrogen and oxygen atoms in total. The molecule has 0 saturated carbocycles. The molecule has 0 aromatic carbocycles. The highest BCUT2D eigenvalue weighted by atomic mass is 79.9. The van der Waals surface area contributed by atoms with Crippen LogP contribution in [-0.2, 0) is 17.7 Å². The predicted octanol–water partition coefficient (Wildman–Crippen LogP) is 2.85. The number of pyridine rings is 1. The maximum atomic E-state index is 14.2. The van der Waals surface area contributed by atoms with Crippen molar-refractivity contribution in [1.29, 1.82) is 0 Å². The number of thiophene rings is 1. The molecular formula is C17H18BrFN6OS. The number of alkyl halides is 1. The van der Waals surface area contributed by atoms with Crippen molar-refractivity contribution in [3.8, 4) is 0 Å². The van der Waals surface area contributed by atoms with Crippen molar-refractivity contribution in [3.63, 3.8) is 0 Å². The van der Waals surface area contributed by atoms with Crippen molar-refractivity contribution in [2.24, 2.45) is 5.73 Å². The normalized spacial score (nSPS) is 16.9. The van der Waals surface area contributed by atoms with Gasteiger partial charge in [0.05, 0.1) is 17.7 Å². The number of hydrogen-bond acceptors (Lipinski definition) is 8. The second kappa shape index (κ2) is 7.70. The smallest absolute Gasteiger partial charge is 0.170 e. The maximum Gasteiger partial charge on any atom is 0.170 e. The SMILES string of the molecule is N[C@H](Cc1sc2c(NCc3ccncc3)nnnc2c1Br)CC1(F)COC1. The van der Waals surface area contributed by atoms with E-state index in [-0.39, 0.29) is 25.7 Å². The van der Waals surface area contributed by atoms with E-state index in [2.05, 4.69) is 41.6 Å². The van der Waals surface area contributed by atoms with Crippen LogP contribution in [0, 0.1) is 0 Å². The highest BCUT2D eigenvalue weighted by molar-refractivity contribution is 9.10. The molecular weight excluding hydrogens is 435 g/mol. The summed E-state index contributed by atoms with van der Waals surface area (Å²) in [5.41, 5.74) is 6.71. The zero-order valence-electron chi connectivity index (χ0n) is 14.4. The number of anilines is 1. The second-order valence-electron chi connectivity index (χ2n) is 6.68. The number of nitrogens with one attached hydrogen (secondary N) is 1. The van der Waals surface area contributed by atoms with Gasteiger partial charge in [0, 0.05) is 36.3 Å². The van der Waals surface area contributed by atoms with E-state index in [1.807, 2.05) is 12.1 Å². The summed E-state index contributed by atoms with van der Waals surface area (Å²) in [6, 6.07) is 3.58. The van der Waals surface area contributed by atoms with Crippen LogP contribution in [0.5, 0.6) is 0 Å². The van der Waals surface area contributed by atoms with E-state index >= 15 is 0 Å². The Morgan fingerprint density at radius 3 is 2.81 bits per heavy atom. The number of halogens is 2. The molecule has 1 saturated heterocycles. The Morgan fingerprint density at radius 2 is 2.11 bits per heavy atom. The van der Waals surface area contributed by atoms with Crippen LogP contribution >= 0.6 is 27.3 Å². The highest BCUT2D eigenvalue weighted by Crippen LogP contribution is 2.38. The third-order valence-corrected chi connectivity index (χ3v) is 6.73. The minimum atomic E-state index is -1.29. The van der Waals surface area contributed by atoms with E-state index < -0.39 is 5.67 Å². The largest absolute Gasteiger partial charge is 0.375 e. The van der Waals surface area contributed by atoms with Gasteiger partial charge in [0.15, 0.2) is 11.5 Å². The Morgan fingerprint density at radius 1 is 1.33 bits per heavy atom. The van der Waals surface area contributed by atoms with Gasteiger partial charge >= 0.3 is 0 Å². The predicted molar refractivity (Wildman–Crippen MR) is 105 cm³/mol. The zero-order valence-corrected chi connectivity index (χ0v) is 16.8. The Bertz CT molecular complexity index is 936. The molecule has 142 valence electrons. The van der Waals surface area contributed by atoms with Crippen LogP contribution in [0.1, 0.15) is 16.9 Å². The molecule has 0 radical (unpaired) electrons. The van der Waals surface area contributed by atoms with Crippen LogP contribution in [0.3, 0.4) is 0 Å². The Hall–Kier alpha value is -1.75. The summed E-state index contributed by atoms with van der Waals surface area (Å²) >= 11 is 5.14. The molecule has 1 aliphatic rings. The van der Waals surface area contributed by atoms with Gasteiger partial charge in [-0.05, 0) is 45.3 Å². The lowest BCUT2D eigenvalue weighted by Crippen LogP contribution is -2.49. The molecule has 1 aliphatic heterocycles. The summed E-state index contributed by atoms with van der Waals surface area (Å²) in [5.74, 6) is 0.664. The third-order valence-electron chi connectivity index (χ3n) is 4.40. The molecule has 27 heavy (non-hydrogen) atoms. The lowest BCUT2D eigenvalue weighted by Gasteiger charge is -2.35. The summed E-state index contributed by atoms with van der Waals surface area (Å²) in [6.07, 6.45) is 4.33. The van der Waals surface area contributed by atoms with Crippen LogP contribution in [0.15, 0.2) is 29.0 Å². The highest BCUT2D eigenvalue weighted by Gasteiger charge is 2.40. The van der Waals surface area contributed by atoms with E-state index in [0.29, 0.717) is 18.8 Å². The van der Waals surface area contributed by atoms with Gasteiger partial charge in [-0.2, -0.15) is 0 Å². The van der Waals surface area contributed by atoms with Crippen LogP contribution in [0.4, 0.5) is 10.2 Å². The summed E-state index contributed by atoms with van der Waals surface area (Å²) in [4.78, 5) is 5.02. The van der Waals surface area contributed by atoms with Crippen molar-refractivity contribution in [2.75, 3.05) is 18.5 Å². The Labute approximate surface area is 167 Å². The van der Waals surface area contributed by atoms with Crippen molar-refractivity contribution < 1.29 is 9.13 Å². The average molecular weight is 453 g/mol. The van der Waals surface area contributed by atoms with Gasteiger partial charge in [-0.3, -0.25) is 4.98 Å². The number of fused-ring (bicyclic) bond motifs is 1. The fraction of sp³-hybridized carbons (Fsp3) is 0.412. The molecule has 4 rings (SSSR count). The molecule has 0 amide bonds. The van der Waals surface area contributed by atoms with E-state index in [9.17, 15) is 4.39 Å². The molecule has 0 bridgehead atoms. The molecule has 1 fully saturated rings. The van der Waals surface area contributed by atoms with Gasteiger partial charge < -0.3 is 15.8 Å².